The summed E-state index contributed by atoms with van der Waals surface area (Å²) in [4.78, 5) is 14.4. The standard InChI is InChI=1S/C19H18N2O/c22-17-13-7-12-16-20-18(14-8-3-1-4-9-14)19(21(16)17)15-10-5-2-6-11-15/h1-11,13,16,18-20H,12H2/t16-,18+,19?/m1/s1. The van der Waals surface area contributed by atoms with Gasteiger partial charge in [-0.15, -0.1) is 0 Å². The molecule has 2 aliphatic heterocycles. The largest absolute Gasteiger partial charge is 0.314 e. The van der Waals surface area contributed by atoms with Gasteiger partial charge < -0.3 is 4.90 Å². The Balaban J connectivity index is 1.80. The number of carbonyl (C=O) groups excluding carboxylic acids is 1. The fourth-order valence-corrected chi connectivity index (χ4v) is 3.53. The third-order valence-electron chi connectivity index (χ3n) is 4.50. The first-order valence-corrected chi connectivity index (χ1v) is 7.69. The molecule has 1 fully saturated rings. The van der Waals surface area contributed by atoms with Crippen molar-refractivity contribution in [3.63, 3.8) is 0 Å². The normalized spacial score (nSPS) is 27.0. The maximum absolute atomic E-state index is 12.4. The molecule has 22 heavy (non-hydrogen) atoms. The fraction of sp³-hybridized carbons (Fsp3) is 0.211. The zero-order valence-electron chi connectivity index (χ0n) is 12.2. The van der Waals surface area contributed by atoms with Crippen LogP contribution < -0.4 is 5.32 Å². The molecule has 1 N–H and O–H groups in total. The van der Waals surface area contributed by atoms with Gasteiger partial charge in [0.05, 0.1) is 18.2 Å². The van der Waals surface area contributed by atoms with E-state index in [2.05, 4.69) is 41.7 Å². The predicted octanol–water partition coefficient (Wildman–Crippen LogP) is 3.19. The van der Waals surface area contributed by atoms with E-state index in [4.69, 9.17) is 0 Å². The molecule has 0 radical (unpaired) electrons. The van der Waals surface area contributed by atoms with Gasteiger partial charge in [0.1, 0.15) is 0 Å². The first-order valence-electron chi connectivity index (χ1n) is 7.69. The number of benzene rings is 2. The van der Waals surface area contributed by atoms with E-state index in [1.54, 1.807) is 6.08 Å². The van der Waals surface area contributed by atoms with Gasteiger partial charge in [-0.25, -0.2) is 0 Å². The second kappa shape index (κ2) is 5.43. The summed E-state index contributed by atoms with van der Waals surface area (Å²) in [5.41, 5.74) is 2.40. The van der Waals surface area contributed by atoms with E-state index in [1.807, 2.05) is 35.2 Å². The van der Waals surface area contributed by atoms with Crippen molar-refractivity contribution in [1.29, 1.82) is 0 Å². The van der Waals surface area contributed by atoms with Gasteiger partial charge in [0.25, 0.3) is 0 Å². The molecular formula is C19H18N2O. The molecular weight excluding hydrogens is 272 g/mol. The van der Waals surface area contributed by atoms with Crippen LogP contribution in [-0.4, -0.2) is 17.0 Å². The van der Waals surface area contributed by atoms with E-state index in [9.17, 15) is 4.79 Å². The number of nitrogens with one attached hydrogen (secondary N) is 1. The minimum atomic E-state index is 0.0334. The molecule has 2 aliphatic rings. The van der Waals surface area contributed by atoms with Crippen molar-refractivity contribution in [3.8, 4) is 0 Å². The summed E-state index contributed by atoms with van der Waals surface area (Å²) in [7, 11) is 0. The Kier molecular flexibility index (Phi) is 3.28. The first-order chi connectivity index (χ1) is 10.8. The van der Waals surface area contributed by atoms with E-state index in [0.717, 1.165) is 6.42 Å². The van der Waals surface area contributed by atoms with Gasteiger partial charge in [-0.3, -0.25) is 10.1 Å². The Labute approximate surface area is 130 Å². The van der Waals surface area contributed by atoms with Gasteiger partial charge in [-0.1, -0.05) is 66.7 Å². The molecule has 3 heteroatoms. The first kappa shape index (κ1) is 13.3. The van der Waals surface area contributed by atoms with Crippen molar-refractivity contribution in [3.05, 3.63) is 83.9 Å². The quantitative estimate of drug-likeness (QED) is 0.921. The molecule has 0 aromatic heterocycles. The van der Waals surface area contributed by atoms with Crippen LogP contribution in [0.3, 0.4) is 0 Å². The highest BCUT2D eigenvalue weighted by atomic mass is 16.2. The molecule has 0 aliphatic carbocycles. The van der Waals surface area contributed by atoms with Crippen molar-refractivity contribution < 1.29 is 4.79 Å². The molecule has 0 bridgehead atoms. The Morgan fingerprint density at radius 3 is 2.23 bits per heavy atom. The molecule has 4 rings (SSSR count). The van der Waals surface area contributed by atoms with Crippen LogP contribution in [0.2, 0.25) is 0 Å². The number of nitrogens with zero attached hydrogens (tertiary/aromatic N) is 1. The minimum Gasteiger partial charge on any atom is -0.314 e. The zero-order chi connectivity index (χ0) is 14.9. The third kappa shape index (κ3) is 2.14. The lowest BCUT2D eigenvalue weighted by Gasteiger charge is -2.31. The fourth-order valence-electron chi connectivity index (χ4n) is 3.53. The lowest BCUT2D eigenvalue weighted by molar-refractivity contribution is -0.129. The summed E-state index contributed by atoms with van der Waals surface area (Å²) >= 11 is 0. The number of hydrogen-bond acceptors (Lipinski definition) is 2. The van der Waals surface area contributed by atoms with Crippen LogP contribution in [0.15, 0.2) is 72.8 Å². The summed E-state index contributed by atoms with van der Waals surface area (Å²) in [6, 6.07) is 20.8. The highest BCUT2D eigenvalue weighted by Gasteiger charge is 2.44. The van der Waals surface area contributed by atoms with Crippen LogP contribution in [0.4, 0.5) is 0 Å². The summed E-state index contributed by atoms with van der Waals surface area (Å²) in [6.07, 6.45) is 4.60. The molecule has 1 saturated heterocycles. The Bertz CT molecular complexity index is 696. The molecule has 0 saturated carbocycles. The summed E-state index contributed by atoms with van der Waals surface area (Å²) in [6.45, 7) is 0. The molecule has 2 heterocycles. The number of rotatable bonds is 2. The summed E-state index contributed by atoms with van der Waals surface area (Å²) in [5.74, 6) is 0.0936. The maximum atomic E-state index is 12.4. The van der Waals surface area contributed by atoms with Crippen LogP contribution in [-0.2, 0) is 4.79 Å². The van der Waals surface area contributed by atoms with Crippen molar-refractivity contribution >= 4 is 5.91 Å². The number of amides is 1. The second-order valence-electron chi connectivity index (χ2n) is 5.81. The van der Waals surface area contributed by atoms with Crippen molar-refractivity contribution in [2.24, 2.45) is 0 Å². The van der Waals surface area contributed by atoms with Gasteiger partial charge >= 0.3 is 0 Å². The van der Waals surface area contributed by atoms with Gasteiger partial charge in [0, 0.05) is 0 Å². The molecule has 2 aromatic carbocycles. The highest BCUT2D eigenvalue weighted by molar-refractivity contribution is 5.89. The second-order valence-corrected chi connectivity index (χ2v) is 5.81. The lowest BCUT2D eigenvalue weighted by Crippen LogP contribution is -2.41. The zero-order valence-corrected chi connectivity index (χ0v) is 12.2. The van der Waals surface area contributed by atoms with Crippen LogP contribution in [0.25, 0.3) is 0 Å². The maximum Gasteiger partial charge on any atom is 0.248 e. The molecule has 0 spiro atoms. The molecule has 3 nitrogen and oxygen atoms in total. The average molecular weight is 290 g/mol. The van der Waals surface area contributed by atoms with E-state index in [-0.39, 0.29) is 24.2 Å². The van der Waals surface area contributed by atoms with Crippen LogP contribution in [0, 0.1) is 0 Å². The predicted molar refractivity (Wildman–Crippen MR) is 85.9 cm³/mol. The number of carbonyl (C=O) groups is 1. The number of hydrogen-bond donors (Lipinski definition) is 1. The monoisotopic (exact) mass is 290 g/mol. The number of fused-ring (bicyclic) bond motifs is 1. The van der Waals surface area contributed by atoms with Gasteiger partial charge in [0.2, 0.25) is 5.91 Å². The molecule has 1 amide bonds. The third-order valence-corrected chi connectivity index (χ3v) is 4.50. The smallest absolute Gasteiger partial charge is 0.248 e. The molecule has 110 valence electrons. The molecule has 2 aromatic rings. The SMILES string of the molecule is O=C1C=CC[C@@H]2N[C@@H](c3ccccc3)C(c3ccccc3)N12. The molecule has 1 unspecified atom stereocenters. The minimum absolute atomic E-state index is 0.0334. The Morgan fingerprint density at radius 2 is 1.55 bits per heavy atom. The van der Waals surface area contributed by atoms with Crippen LogP contribution in [0.1, 0.15) is 29.6 Å². The Hall–Kier alpha value is -2.39. The average Bonchev–Trinajstić information content (AvgIpc) is 2.97. The van der Waals surface area contributed by atoms with E-state index >= 15 is 0 Å². The van der Waals surface area contributed by atoms with E-state index < -0.39 is 0 Å². The summed E-state index contributed by atoms with van der Waals surface area (Å²) < 4.78 is 0. The highest BCUT2D eigenvalue weighted by Crippen LogP contribution is 2.42. The summed E-state index contributed by atoms with van der Waals surface area (Å²) in [5, 5.41) is 3.64. The van der Waals surface area contributed by atoms with E-state index in [0.29, 0.717) is 0 Å². The van der Waals surface area contributed by atoms with Gasteiger partial charge in [0.15, 0.2) is 0 Å². The van der Waals surface area contributed by atoms with Crippen molar-refractivity contribution in [2.75, 3.05) is 0 Å². The van der Waals surface area contributed by atoms with Crippen molar-refractivity contribution in [1.82, 2.24) is 10.2 Å². The van der Waals surface area contributed by atoms with Crippen molar-refractivity contribution in [2.45, 2.75) is 24.7 Å². The molecule has 3 atom stereocenters. The van der Waals surface area contributed by atoms with Gasteiger partial charge in [-0.2, -0.15) is 0 Å². The van der Waals surface area contributed by atoms with Gasteiger partial charge in [-0.05, 0) is 23.6 Å². The lowest BCUT2D eigenvalue weighted by atomic mass is 9.94. The van der Waals surface area contributed by atoms with Crippen LogP contribution >= 0.6 is 0 Å². The Morgan fingerprint density at radius 1 is 0.909 bits per heavy atom. The topological polar surface area (TPSA) is 32.3 Å². The van der Waals surface area contributed by atoms with Crippen LogP contribution in [0.5, 0.6) is 0 Å². The van der Waals surface area contributed by atoms with E-state index in [1.165, 1.54) is 11.1 Å².